The Morgan fingerprint density at radius 1 is 1.18 bits per heavy atom. The molecule has 5 atom stereocenters. The van der Waals surface area contributed by atoms with Crippen molar-refractivity contribution >= 4 is 0 Å². The van der Waals surface area contributed by atoms with Crippen molar-refractivity contribution in [1.29, 1.82) is 0 Å². The van der Waals surface area contributed by atoms with E-state index in [0.29, 0.717) is 10.8 Å². The summed E-state index contributed by atoms with van der Waals surface area (Å²) in [5.41, 5.74) is 1.14. The van der Waals surface area contributed by atoms with Crippen LogP contribution >= 0.6 is 0 Å². The van der Waals surface area contributed by atoms with E-state index in [1.54, 1.807) is 0 Å². The van der Waals surface area contributed by atoms with Crippen molar-refractivity contribution in [2.45, 2.75) is 87.0 Å². The summed E-state index contributed by atoms with van der Waals surface area (Å²) in [7, 11) is 0. The molecule has 2 aliphatic rings. The lowest BCUT2D eigenvalue weighted by Gasteiger charge is -2.35. The minimum atomic E-state index is 0.539. The standard InChI is InChI=1S/C22H40/c1-8-10-11-12-19-15-22(19,7)21(5,6)20-14-18(20)13-17(9-2)16(3)4/h10-11,16-20H,8-9,12-15H2,1-7H3. The van der Waals surface area contributed by atoms with Gasteiger partial charge in [-0.1, -0.05) is 67.0 Å². The molecule has 0 aromatic rings. The van der Waals surface area contributed by atoms with Gasteiger partial charge in [-0.25, -0.2) is 0 Å². The summed E-state index contributed by atoms with van der Waals surface area (Å²) in [6, 6.07) is 0. The van der Waals surface area contributed by atoms with Crippen molar-refractivity contribution in [1.82, 2.24) is 0 Å². The van der Waals surface area contributed by atoms with E-state index in [9.17, 15) is 0 Å². The number of hydrogen-bond acceptors (Lipinski definition) is 0. The third kappa shape index (κ3) is 3.46. The molecular weight excluding hydrogens is 264 g/mol. The third-order valence-electron chi connectivity index (χ3n) is 7.63. The highest BCUT2D eigenvalue weighted by Crippen LogP contribution is 2.72. The van der Waals surface area contributed by atoms with Crippen molar-refractivity contribution in [2.24, 2.45) is 40.4 Å². The summed E-state index contributed by atoms with van der Waals surface area (Å²) in [5, 5.41) is 0. The highest BCUT2D eigenvalue weighted by atomic mass is 14.7. The summed E-state index contributed by atoms with van der Waals surface area (Å²) in [5.74, 6) is 4.76. The van der Waals surface area contributed by atoms with Gasteiger partial charge in [-0.05, 0) is 72.5 Å². The average Bonchev–Trinajstić information content (AvgIpc) is 3.33. The molecule has 2 rings (SSSR count). The molecule has 22 heavy (non-hydrogen) atoms. The lowest BCUT2D eigenvalue weighted by Crippen LogP contribution is -2.28. The summed E-state index contributed by atoms with van der Waals surface area (Å²) in [4.78, 5) is 0. The Morgan fingerprint density at radius 2 is 1.86 bits per heavy atom. The van der Waals surface area contributed by atoms with Crippen LogP contribution in [-0.2, 0) is 0 Å². The first-order chi connectivity index (χ1) is 10.3. The zero-order valence-corrected chi connectivity index (χ0v) is 16.3. The summed E-state index contributed by atoms with van der Waals surface area (Å²) in [6.07, 6.45) is 13.1. The molecule has 2 fully saturated rings. The van der Waals surface area contributed by atoms with E-state index >= 15 is 0 Å². The Bertz CT molecular complexity index is 389. The van der Waals surface area contributed by atoms with Gasteiger partial charge in [-0.2, -0.15) is 0 Å². The monoisotopic (exact) mass is 304 g/mol. The molecule has 0 heterocycles. The van der Waals surface area contributed by atoms with E-state index in [0.717, 1.165) is 29.6 Å². The third-order valence-corrected chi connectivity index (χ3v) is 7.63. The second kappa shape index (κ2) is 6.70. The number of rotatable bonds is 9. The van der Waals surface area contributed by atoms with Crippen molar-refractivity contribution in [2.75, 3.05) is 0 Å². The largest absolute Gasteiger partial charge is 0.0888 e. The molecule has 5 unspecified atom stereocenters. The van der Waals surface area contributed by atoms with Gasteiger partial charge in [0.1, 0.15) is 0 Å². The Morgan fingerprint density at radius 3 is 2.41 bits per heavy atom. The smallest absolute Gasteiger partial charge is 0.0237 e. The summed E-state index contributed by atoms with van der Waals surface area (Å²) < 4.78 is 0. The molecule has 0 radical (unpaired) electrons. The Hall–Kier alpha value is -0.260. The molecule has 0 bridgehead atoms. The van der Waals surface area contributed by atoms with Crippen molar-refractivity contribution in [3.05, 3.63) is 12.2 Å². The minimum Gasteiger partial charge on any atom is -0.0888 e. The van der Waals surface area contributed by atoms with Gasteiger partial charge in [-0.3, -0.25) is 0 Å². The predicted octanol–water partition coefficient (Wildman–Crippen LogP) is 7.10. The highest BCUT2D eigenvalue weighted by molar-refractivity contribution is 5.14. The molecule has 0 saturated heterocycles. The lowest BCUT2D eigenvalue weighted by molar-refractivity contribution is 0.137. The molecule has 0 heteroatoms. The van der Waals surface area contributed by atoms with Gasteiger partial charge in [0.2, 0.25) is 0 Å². The molecule has 0 amide bonds. The molecule has 2 aliphatic carbocycles. The Balaban J connectivity index is 1.89. The van der Waals surface area contributed by atoms with Gasteiger partial charge in [0, 0.05) is 0 Å². The van der Waals surface area contributed by atoms with Gasteiger partial charge in [0.15, 0.2) is 0 Å². The van der Waals surface area contributed by atoms with Gasteiger partial charge < -0.3 is 0 Å². The van der Waals surface area contributed by atoms with Crippen LogP contribution in [-0.4, -0.2) is 0 Å². The van der Waals surface area contributed by atoms with Crippen LogP contribution in [0.25, 0.3) is 0 Å². The fourth-order valence-electron chi connectivity index (χ4n) is 5.13. The van der Waals surface area contributed by atoms with Gasteiger partial charge >= 0.3 is 0 Å². The fraction of sp³-hybridized carbons (Fsp3) is 0.909. The van der Waals surface area contributed by atoms with E-state index < -0.39 is 0 Å². The molecule has 0 aromatic carbocycles. The van der Waals surface area contributed by atoms with Crippen LogP contribution in [0, 0.1) is 40.4 Å². The van der Waals surface area contributed by atoms with Crippen LogP contribution in [0.1, 0.15) is 87.0 Å². The van der Waals surface area contributed by atoms with E-state index in [1.807, 2.05) is 0 Å². The van der Waals surface area contributed by atoms with Crippen LogP contribution in [0.5, 0.6) is 0 Å². The van der Waals surface area contributed by atoms with E-state index in [-0.39, 0.29) is 0 Å². The van der Waals surface area contributed by atoms with Crippen LogP contribution in [0.3, 0.4) is 0 Å². The van der Waals surface area contributed by atoms with Crippen LogP contribution < -0.4 is 0 Å². The Kier molecular flexibility index (Phi) is 5.50. The zero-order valence-electron chi connectivity index (χ0n) is 16.3. The van der Waals surface area contributed by atoms with Crippen molar-refractivity contribution < 1.29 is 0 Å². The van der Waals surface area contributed by atoms with Gasteiger partial charge in [0.05, 0.1) is 0 Å². The van der Waals surface area contributed by atoms with Crippen LogP contribution in [0.4, 0.5) is 0 Å². The van der Waals surface area contributed by atoms with E-state index in [1.165, 1.54) is 38.5 Å². The molecule has 0 spiro atoms. The highest BCUT2D eigenvalue weighted by Gasteiger charge is 2.64. The first kappa shape index (κ1) is 18.1. The quantitative estimate of drug-likeness (QED) is 0.398. The molecule has 0 N–H and O–H groups in total. The van der Waals surface area contributed by atoms with Gasteiger partial charge in [-0.15, -0.1) is 0 Å². The maximum atomic E-state index is 2.58. The maximum Gasteiger partial charge on any atom is -0.0237 e. The van der Waals surface area contributed by atoms with Crippen molar-refractivity contribution in [3.63, 3.8) is 0 Å². The van der Waals surface area contributed by atoms with Crippen molar-refractivity contribution in [3.8, 4) is 0 Å². The SMILES string of the molecule is CCC=CCC1CC1(C)C(C)(C)C1CC1CC(CC)C(C)C. The normalized spacial score (nSPS) is 36.1. The molecule has 128 valence electrons. The zero-order chi connectivity index (χ0) is 16.5. The molecule has 2 saturated carbocycles. The second-order valence-electron chi connectivity index (χ2n) is 9.41. The van der Waals surface area contributed by atoms with Crippen LogP contribution in [0.2, 0.25) is 0 Å². The topological polar surface area (TPSA) is 0 Å². The lowest BCUT2D eigenvalue weighted by atomic mass is 9.70. The molecule has 0 aliphatic heterocycles. The first-order valence-corrected chi connectivity index (χ1v) is 9.92. The van der Waals surface area contributed by atoms with Crippen LogP contribution in [0.15, 0.2) is 12.2 Å². The summed E-state index contributed by atoms with van der Waals surface area (Å²) in [6.45, 7) is 17.2. The maximum absolute atomic E-state index is 2.58. The number of allylic oxidation sites excluding steroid dienone is 2. The van der Waals surface area contributed by atoms with E-state index in [4.69, 9.17) is 0 Å². The molecular formula is C22H40. The van der Waals surface area contributed by atoms with Gasteiger partial charge in [0.25, 0.3) is 0 Å². The summed E-state index contributed by atoms with van der Waals surface area (Å²) >= 11 is 0. The Labute approximate surface area is 140 Å². The second-order valence-corrected chi connectivity index (χ2v) is 9.41. The molecule has 0 aromatic heterocycles. The molecule has 0 nitrogen and oxygen atoms in total. The van der Waals surface area contributed by atoms with E-state index in [2.05, 4.69) is 60.6 Å². The predicted molar refractivity (Wildman–Crippen MR) is 98.9 cm³/mol. The fourth-order valence-corrected chi connectivity index (χ4v) is 5.13. The minimum absolute atomic E-state index is 0.539. The average molecular weight is 305 g/mol. The number of hydrogen-bond donors (Lipinski definition) is 0. The first-order valence-electron chi connectivity index (χ1n) is 9.92.